The van der Waals surface area contributed by atoms with Gasteiger partial charge in [0.25, 0.3) is 0 Å². The lowest BCUT2D eigenvalue weighted by molar-refractivity contribution is 0.475. The smallest absolute Gasteiger partial charge is 0.133 e. The maximum Gasteiger partial charge on any atom is 0.133 e. The average molecular weight is 294 g/mol. The molecule has 0 aliphatic heterocycles. The number of rotatable bonds is 4. The molecule has 1 heterocycles. The molecule has 0 aliphatic carbocycles. The molecule has 0 fully saturated rings. The molecule has 1 aromatic heterocycles. The summed E-state index contributed by atoms with van der Waals surface area (Å²) in [6.07, 6.45) is 2.51. The minimum absolute atomic E-state index is 0.270. The van der Waals surface area contributed by atoms with Crippen molar-refractivity contribution >= 4 is 11.8 Å². The summed E-state index contributed by atoms with van der Waals surface area (Å²) in [5.74, 6) is 1.08. The fourth-order valence-corrected chi connectivity index (χ4v) is 2.73. The van der Waals surface area contributed by atoms with Crippen molar-refractivity contribution in [1.82, 2.24) is 9.97 Å². The van der Waals surface area contributed by atoms with E-state index >= 15 is 0 Å². The molecule has 0 radical (unpaired) electrons. The Morgan fingerprint density at radius 2 is 1.67 bits per heavy atom. The van der Waals surface area contributed by atoms with Gasteiger partial charge in [-0.25, -0.2) is 9.97 Å². The van der Waals surface area contributed by atoms with Crippen molar-refractivity contribution < 1.29 is 5.11 Å². The van der Waals surface area contributed by atoms with E-state index in [4.69, 9.17) is 0 Å². The van der Waals surface area contributed by atoms with Gasteiger partial charge < -0.3 is 5.11 Å². The van der Waals surface area contributed by atoms with Crippen molar-refractivity contribution in [3.8, 4) is 5.75 Å². The van der Waals surface area contributed by atoms with Crippen LogP contribution in [-0.2, 0) is 6.42 Å². The second kappa shape index (κ2) is 6.41. The van der Waals surface area contributed by atoms with E-state index in [2.05, 4.69) is 22.1 Å². The van der Waals surface area contributed by atoms with Gasteiger partial charge in [0.1, 0.15) is 16.6 Å². The van der Waals surface area contributed by atoms with Gasteiger partial charge in [0.05, 0.1) is 0 Å². The van der Waals surface area contributed by atoms with Crippen LogP contribution in [0.4, 0.5) is 0 Å². The van der Waals surface area contributed by atoms with Gasteiger partial charge >= 0.3 is 0 Å². The molecule has 1 N–H and O–H groups in total. The highest BCUT2D eigenvalue weighted by Gasteiger charge is 2.03. The first-order chi connectivity index (χ1) is 10.3. The van der Waals surface area contributed by atoms with Crippen molar-refractivity contribution in [2.75, 3.05) is 0 Å². The molecule has 0 saturated heterocycles. The molecule has 104 valence electrons. The molecule has 4 heteroatoms. The molecule has 0 spiro atoms. The van der Waals surface area contributed by atoms with Gasteiger partial charge in [-0.2, -0.15) is 0 Å². The summed E-state index contributed by atoms with van der Waals surface area (Å²) in [7, 11) is 0. The monoisotopic (exact) mass is 294 g/mol. The number of hydrogen-bond acceptors (Lipinski definition) is 4. The second-order valence-electron chi connectivity index (χ2n) is 4.57. The van der Waals surface area contributed by atoms with Gasteiger partial charge in [-0.1, -0.05) is 42.1 Å². The normalized spacial score (nSPS) is 10.5. The van der Waals surface area contributed by atoms with E-state index in [1.165, 1.54) is 5.56 Å². The Balaban J connectivity index is 1.75. The number of nitrogens with zero attached hydrogens (tertiary/aromatic N) is 2. The summed E-state index contributed by atoms with van der Waals surface area (Å²) in [6.45, 7) is 0. The van der Waals surface area contributed by atoms with Crippen molar-refractivity contribution in [2.24, 2.45) is 0 Å². The molecular formula is C17H14N2OS. The van der Waals surface area contributed by atoms with Gasteiger partial charge in [0.15, 0.2) is 0 Å². The van der Waals surface area contributed by atoms with Gasteiger partial charge in [-0.3, -0.25) is 0 Å². The Bertz CT molecular complexity index is 714. The SMILES string of the molecule is Oc1ccc(Sc2ccnc(Cc3ccccc3)n2)cc1. The molecule has 3 rings (SSSR count). The Morgan fingerprint density at radius 1 is 0.905 bits per heavy atom. The van der Waals surface area contributed by atoms with Crippen LogP contribution in [0.1, 0.15) is 11.4 Å². The summed E-state index contributed by atoms with van der Waals surface area (Å²) in [5, 5.41) is 10.2. The van der Waals surface area contributed by atoms with Crippen molar-refractivity contribution in [3.63, 3.8) is 0 Å². The molecule has 21 heavy (non-hydrogen) atoms. The highest BCUT2D eigenvalue weighted by Crippen LogP contribution is 2.27. The van der Waals surface area contributed by atoms with Gasteiger partial charge in [0, 0.05) is 17.5 Å². The summed E-state index contributed by atoms with van der Waals surface area (Å²) in [5.41, 5.74) is 1.20. The van der Waals surface area contributed by atoms with E-state index in [1.54, 1.807) is 30.1 Å². The number of phenolic OH excluding ortho intramolecular Hbond substituents is 1. The number of hydrogen-bond donors (Lipinski definition) is 1. The van der Waals surface area contributed by atoms with E-state index in [0.717, 1.165) is 22.2 Å². The van der Waals surface area contributed by atoms with Crippen LogP contribution in [0, 0.1) is 0 Å². The lowest BCUT2D eigenvalue weighted by Gasteiger charge is -2.04. The third-order valence-electron chi connectivity index (χ3n) is 2.94. The predicted octanol–water partition coefficient (Wildman–Crippen LogP) is 3.92. The second-order valence-corrected chi connectivity index (χ2v) is 5.66. The average Bonchev–Trinajstić information content (AvgIpc) is 2.51. The summed E-state index contributed by atoms with van der Waals surface area (Å²) >= 11 is 1.56. The number of aromatic hydroxyl groups is 1. The van der Waals surface area contributed by atoms with Crippen LogP contribution >= 0.6 is 11.8 Å². The molecule has 0 saturated carbocycles. The first-order valence-electron chi connectivity index (χ1n) is 6.62. The molecule has 0 bridgehead atoms. The van der Waals surface area contributed by atoms with Crippen LogP contribution in [0.15, 0.2) is 76.8 Å². The zero-order valence-electron chi connectivity index (χ0n) is 11.3. The van der Waals surface area contributed by atoms with E-state index in [-0.39, 0.29) is 5.75 Å². The maximum absolute atomic E-state index is 9.30. The van der Waals surface area contributed by atoms with E-state index < -0.39 is 0 Å². The van der Waals surface area contributed by atoms with Gasteiger partial charge in [-0.05, 0) is 35.9 Å². The third-order valence-corrected chi connectivity index (χ3v) is 3.89. The van der Waals surface area contributed by atoms with Crippen LogP contribution < -0.4 is 0 Å². The third kappa shape index (κ3) is 3.83. The first kappa shape index (κ1) is 13.6. The summed E-state index contributed by atoms with van der Waals surface area (Å²) in [6, 6.07) is 19.2. The Kier molecular flexibility index (Phi) is 4.17. The fraction of sp³-hybridized carbons (Fsp3) is 0.0588. The maximum atomic E-state index is 9.30. The Labute approximate surface area is 127 Å². The van der Waals surface area contributed by atoms with E-state index in [1.807, 2.05) is 36.4 Å². The van der Waals surface area contributed by atoms with Crippen LogP contribution in [0.5, 0.6) is 5.75 Å². The summed E-state index contributed by atoms with van der Waals surface area (Å²) in [4.78, 5) is 9.94. The number of phenols is 1. The van der Waals surface area contributed by atoms with E-state index in [9.17, 15) is 5.11 Å². The van der Waals surface area contributed by atoms with Crippen LogP contribution in [0.2, 0.25) is 0 Å². The first-order valence-corrected chi connectivity index (χ1v) is 7.44. The van der Waals surface area contributed by atoms with Gasteiger partial charge in [0.2, 0.25) is 0 Å². The molecule has 3 aromatic rings. The lowest BCUT2D eigenvalue weighted by atomic mass is 10.1. The molecule has 2 aromatic carbocycles. The molecule has 0 amide bonds. The quantitative estimate of drug-likeness (QED) is 0.741. The highest BCUT2D eigenvalue weighted by atomic mass is 32.2. The Hall–Kier alpha value is -2.33. The molecule has 0 aliphatic rings. The van der Waals surface area contributed by atoms with Crippen molar-refractivity contribution in [2.45, 2.75) is 16.3 Å². The lowest BCUT2D eigenvalue weighted by Crippen LogP contribution is -1.96. The molecule has 0 atom stereocenters. The minimum atomic E-state index is 0.270. The summed E-state index contributed by atoms with van der Waals surface area (Å²) < 4.78 is 0. The topological polar surface area (TPSA) is 46.0 Å². The standard InChI is InChI=1S/C17H14N2OS/c20-14-6-8-15(9-7-14)21-17-10-11-18-16(19-17)12-13-4-2-1-3-5-13/h1-11,20H,12H2. The Morgan fingerprint density at radius 3 is 2.43 bits per heavy atom. The fourth-order valence-electron chi connectivity index (χ4n) is 1.94. The van der Waals surface area contributed by atoms with Crippen molar-refractivity contribution in [1.29, 1.82) is 0 Å². The zero-order valence-corrected chi connectivity index (χ0v) is 12.1. The van der Waals surface area contributed by atoms with Crippen LogP contribution in [0.25, 0.3) is 0 Å². The number of aromatic nitrogens is 2. The van der Waals surface area contributed by atoms with Gasteiger partial charge in [-0.15, -0.1) is 0 Å². The largest absolute Gasteiger partial charge is 0.508 e. The zero-order chi connectivity index (χ0) is 14.5. The van der Waals surface area contributed by atoms with Crippen LogP contribution in [0.3, 0.4) is 0 Å². The van der Waals surface area contributed by atoms with Crippen LogP contribution in [-0.4, -0.2) is 15.1 Å². The van der Waals surface area contributed by atoms with Crippen molar-refractivity contribution in [3.05, 3.63) is 78.2 Å². The predicted molar refractivity (Wildman–Crippen MR) is 83.5 cm³/mol. The number of benzene rings is 2. The minimum Gasteiger partial charge on any atom is -0.508 e. The molecule has 3 nitrogen and oxygen atoms in total. The molecule has 0 unspecified atom stereocenters. The highest BCUT2D eigenvalue weighted by molar-refractivity contribution is 7.99. The molecular weight excluding hydrogens is 280 g/mol. The van der Waals surface area contributed by atoms with E-state index in [0.29, 0.717) is 0 Å².